The zero-order valence-corrected chi connectivity index (χ0v) is 12.3. The van der Waals surface area contributed by atoms with E-state index in [1.54, 1.807) is 14.0 Å². The van der Waals surface area contributed by atoms with Gasteiger partial charge in [-0.2, -0.15) is 0 Å². The molecule has 6 nitrogen and oxygen atoms in total. The second-order valence-electron chi connectivity index (χ2n) is 3.42. The number of imidazole rings is 1. The van der Waals surface area contributed by atoms with Gasteiger partial charge in [-0.3, -0.25) is 4.40 Å². The van der Waals surface area contributed by atoms with E-state index in [0.29, 0.717) is 11.5 Å². The number of hydrogen-bond donors (Lipinski definition) is 1. The van der Waals surface area contributed by atoms with Crippen molar-refractivity contribution in [2.24, 2.45) is 0 Å². The number of fused-ring (bicyclic) bond motifs is 1. The topological polar surface area (TPSA) is 68.5 Å². The van der Waals surface area contributed by atoms with Crippen LogP contribution in [0.3, 0.4) is 0 Å². The van der Waals surface area contributed by atoms with Crippen LogP contribution in [0.2, 0.25) is 15.5 Å². The van der Waals surface area contributed by atoms with Crippen molar-refractivity contribution in [1.82, 2.24) is 14.4 Å². The minimum absolute atomic E-state index is 0.0271. The van der Waals surface area contributed by atoms with Crippen molar-refractivity contribution in [1.29, 1.82) is 0 Å². The molecule has 0 unspecified atom stereocenters. The van der Waals surface area contributed by atoms with Crippen LogP contribution in [0.4, 0.5) is 5.82 Å². The number of rotatable bonds is 3. The van der Waals surface area contributed by atoms with Crippen LogP contribution in [-0.4, -0.2) is 34.0 Å². The summed E-state index contributed by atoms with van der Waals surface area (Å²) in [5, 5.41) is 2.95. The zero-order valence-electron chi connectivity index (χ0n) is 10.00. The van der Waals surface area contributed by atoms with Gasteiger partial charge in [-0.1, -0.05) is 34.8 Å². The van der Waals surface area contributed by atoms with E-state index in [4.69, 9.17) is 39.5 Å². The van der Waals surface area contributed by atoms with E-state index < -0.39 is 5.97 Å². The summed E-state index contributed by atoms with van der Waals surface area (Å²) in [5.74, 6) is -0.280. The molecule has 1 N–H and O–H groups in total. The van der Waals surface area contributed by atoms with Gasteiger partial charge in [-0.25, -0.2) is 14.8 Å². The molecule has 0 aliphatic rings. The Morgan fingerprint density at radius 3 is 2.58 bits per heavy atom. The van der Waals surface area contributed by atoms with Gasteiger partial charge in [0.1, 0.15) is 5.15 Å². The first-order chi connectivity index (χ1) is 9.01. The van der Waals surface area contributed by atoms with E-state index in [1.165, 1.54) is 4.40 Å². The fourth-order valence-electron chi connectivity index (χ4n) is 1.52. The van der Waals surface area contributed by atoms with Crippen LogP contribution in [0, 0.1) is 0 Å². The van der Waals surface area contributed by atoms with Gasteiger partial charge in [0.2, 0.25) is 0 Å². The Balaban J connectivity index is 2.75. The minimum Gasteiger partial charge on any atom is -0.461 e. The first-order valence-electron chi connectivity index (χ1n) is 5.29. The number of anilines is 1. The Kier molecular flexibility index (Phi) is 4.03. The summed E-state index contributed by atoms with van der Waals surface area (Å²) in [6, 6.07) is 0. The van der Waals surface area contributed by atoms with Gasteiger partial charge in [0.25, 0.3) is 0 Å². The Morgan fingerprint density at radius 2 is 2.00 bits per heavy atom. The van der Waals surface area contributed by atoms with E-state index >= 15 is 0 Å². The normalized spacial score (nSPS) is 10.8. The molecule has 102 valence electrons. The molecule has 2 rings (SSSR count). The molecular weight excluding hydrogens is 314 g/mol. The van der Waals surface area contributed by atoms with Crippen molar-refractivity contribution in [2.45, 2.75) is 6.92 Å². The highest BCUT2D eigenvalue weighted by Crippen LogP contribution is 2.31. The fourth-order valence-corrected chi connectivity index (χ4v) is 2.23. The number of aromatic nitrogens is 3. The highest BCUT2D eigenvalue weighted by molar-refractivity contribution is 6.41. The molecule has 2 aromatic rings. The molecule has 0 amide bonds. The standard InChI is InChI=1S/C10H9Cl3N4O2/c1-3-19-10(18)4-6(12)17-7(13)5(11)16-8(14-2)9(17)15-4/h3H2,1-2H3,(H,14,16). The van der Waals surface area contributed by atoms with Gasteiger partial charge in [0.05, 0.1) is 6.61 Å². The predicted octanol–water partition coefficient (Wildman–Crippen LogP) is 2.91. The lowest BCUT2D eigenvalue weighted by Gasteiger charge is -2.05. The number of halogens is 3. The van der Waals surface area contributed by atoms with Crippen molar-refractivity contribution in [3.63, 3.8) is 0 Å². The molecule has 9 heteroatoms. The smallest absolute Gasteiger partial charge is 0.360 e. The maximum absolute atomic E-state index is 11.7. The van der Waals surface area contributed by atoms with Crippen molar-refractivity contribution in [3.05, 3.63) is 21.2 Å². The molecule has 0 saturated heterocycles. The van der Waals surface area contributed by atoms with Gasteiger partial charge in [-0.15, -0.1) is 0 Å². The van der Waals surface area contributed by atoms with Crippen molar-refractivity contribution in [2.75, 3.05) is 19.0 Å². The van der Waals surface area contributed by atoms with E-state index in [1.807, 2.05) is 0 Å². The molecule has 0 bridgehead atoms. The van der Waals surface area contributed by atoms with Crippen molar-refractivity contribution >= 4 is 52.2 Å². The first-order valence-corrected chi connectivity index (χ1v) is 6.42. The number of hydrogen-bond acceptors (Lipinski definition) is 5. The summed E-state index contributed by atoms with van der Waals surface area (Å²) in [6.07, 6.45) is 0. The molecule has 0 fully saturated rings. The molecule has 0 aliphatic heterocycles. The Hall–Kier alpha value is -1.24. The largest absolute Gasteiger partial charge is 0.461 e. The third kappa shape index (κ3) is 2.31. The Bertz CT molecular complexity index is 656. The summed E-state index contributed by atoms with van der Waals surface area (Å²) in [7, 11) is 1.64. The molecular formula is C10H9Cl3N4O2. The number of carbonyl (C=O) groups is 1. The van der Waals surface area contributed by atoms with Gasteiger partial charge in [0.15, 0.2) is 27.5 Å². The van der Waals surface area contributed by atoms with Crippen LogP contribution in [0.15, 0.2) is 0 Å². The highest BCUT2D eigenvalue weighted by Gasteiger charge is 2.23. The predicted molar refractivity (Wildman–Crippen MR) is 73.5 cm³/mol. The van der Waals surface area contributed by atoms with E-state index in [9.17, 15) is 4.79 Å². The van der Waals surface area contributed by atoms with Gasteiger partial charge >= 0.3 is 5.97 Å². The Morgan fingerprint density at radius 1 is 1.32 bits per heavy atom. The maximum atomic E-state index is 11.7. The summed E-state index contributed by atoms with van der Waals surface area (Å²) in [5.41, 5.74) is 0.260. The van der Waals surface area contributed by atoms with Gasteiger partial charge in [-0.05, 0) is 6.92 Å². The van der Waals surface area contributed by atoms with Crippen molar-refractivity contribution < 1.29 is 9.53 Å². The molecule has 0 saturated carbocycles. The monoisotopic (exact) mass is 322 g/mol. The van der Waals surface area contributed by atoms with E-state index in [2.05, 4.69) is 15.3 Å². The first kappa shape index (κ1) is 14.2. The van der Waals surface area contributed by atoms with E-state index in [-0.39, 0.29) is 27.8 Å². The van der Waals surface area contributed by atoms with Crippen LogP contribution in [0.5, 0.6) is 0 Å². The number of carbonyl (C=O) groups excluding carboxylic acids is 1. The van der Waals surface area contributed by atoms with Crippen LogP contribution in [-0.2, 0) is 4.74 Å². The molecule has 0 spiro atoms. The number of nitrogens with one attached hydrogen (secondary N) is 1. The lowest BCUT2D eigenvalue weighted by molar-refractivity contribution is 0.0520. The van der Waals surface area contributed by atoms with Crippen LogP contribution in [0.1, 0.15) is 17.4 Å². The fraction of sp³-hybridized carbons (Fsp3) is 0.300. The maximum Gasteiger partial charge on any atom is 0.360 e. The SMILES string of the molecule is CCOC(=O)c1nc2c(NC)nc(Cl)c(Cl)n2c1Cl. The third-order valence-corrected chi connectivity index (χ3v) is 3.37. The number of esters is 1. The quantitative estimate of drug-likeness (QED) is 0.880. The summed E-state index contributed by atoms with van der Waals surface area (Å²) < 4.78 is 6.20. The number of nitrogens with zero attached hydrogens (tertiary/aromatic N) is 3. The van der Waals surface area contributed by atoms with Gasteiger partial charge < -0.3 is 10.1 Å². The molecule has 0 atom stereocenters. The highest BCUT2D eigenvalue weighted by atomic mass is 35.5. The van der Waals surface area contributed by atoms with Crippen LogP contribution >= 0.6 is 34.8 Å². The second kappa shape index (κ2) is 5.40. The number of ether oxygens (including phenoxy) is 1. The van der Waals surface area contributed by atoms with Crippen LogP contribution in [0.25, 0.3) is 5.65 Å². The summed E-state index contributed by atoms with van der Waals surface area (Å²) in [6.45, 7) is 1.90. The van der Waals surface area contributed by atoms with Gasteiger partial charge in [0, 0.05) is 7.05 Å². The Labute approximate surface area is 123 Å². The molecule has 0 aromatic carbocycles. The molecule has 2 aromatic heterocycles. The van der Waals surface area contributed by atoms with Crippen LogP contribution < -0.4 is 5.32 Å². The average Bonchev–Trinajstić information content (AvgIpc) is 2.72. The minimum atomic E-state index is -0.634. The molecule has 2 heterocycles. The molecule has 0 aliphatic carbocycles. The third-order valence-electron chi connectivity index (χ3n) is 2.32. The van der Waals surface area contributed by atoms with E-state index in [0.717, 1.165) is 0 Å². The van der Waals surface area contributed by atoms with Crippen molar-refractivity contribution in [3.8, 4) is 0 Å². The lowest BCUT2D eigenvalue weighted by atomic mass is 10.5. The summed E-state index contributed by atoms with van der Waals surface area (Å²) >= 11 is 18.0. The summed E-state index contributed by atoms with van der Waals surface area (Å²) in [4.78, 5) is 19.8. The second-order valence-corrected chi connectivity index (χ2v) is 4.50. The molecule has 19 heavy (non-hydrogen) atoms. The molecule has 0 radical (unpaired) electrons. The zero-order chi connectivity index (χ0) is 14.2. The lowest BCUT2D eigenvalue weighted by Crippen LogP contribution is -2.05. The average molecular weight is 324 g/mol.